The molecule has 3 rings (SSSR count). The predicted octanol–water partition coefficient (Wildman–Crippen LogP) is 4.61. The van der Waals surface area contributed by atoms with Crippen molar-refractivity contribution in [3.63, 3.8) is 0 Å². The first kappa shape index (κ1) is 14.8. The highest BCUT2D eigenvalue weighted by atomic mass is 35.5. The Morgan fingerprint density at radius 3 is 2.86 bits per heavy atom. The third kappa shape index (κ3) is 2.65. The third-order valence-corrected chi connectivity index (χ3v) is 4.19. The molecule has 3 nitrogen and oxygen atoms in total. The van der Waals surface area contributed by atoms with E-state index in [0.717, 1.165) is 24.6 Å². The highest BCUT2D eigenvalue weighted by Gasteiger charge is 2.30. The van der Waals surface area contributed by atoms with Gasteiger partial charge < -0.3 is 5.32 Å². The highest BCUT2D eigenvalue weighted by molar-refractivity contribution is 6.30. The number of nitrogens with one attached hydrogen (secondary N) is 1. The molecular formula is C17H15ClFN3. The van der Waals surface area contributed by atoms with Gasteiger partial charge in [0.15, 0.2) is 11.6 Å². The van der Waals surface area contributed by atoms with Crippen molar-refractivity contribution in [1.82, 2.24) is 4.98 Å². The lowest BCUT2D eigenvalue weighted by Crippen LogP contribution is -2.10. The normalized spacial score (nSPS) is 15.2. The lowest BCUT2D eigenvalue weighted by atomic mass is 9.90. The quantitative estimate of drug-likeness (QED) is 0.823. The molecule has 112 valence electrons. The maximum absolute atomic E-state index is 14.1. The van der Waals surface area contributed by atoms with Gasteiger partial charge in [0.05, 0.1) is 5.56 Å². The average molecular weight is 316 g/mol. The zero-order valence-electron chi connectivity index (χ0n) is 12.4. The first-order valence-corrected chi connectivity index (χ1v) is 7.41. The van der Waals surface area contributed by atoms with Crippen LogP contribution in [0.25, 0.3) is 0 Å². The molecule has 1 aromatic heterocycles. The van der Waals surface area contributed by atoms with Gasteiger partial charge in [-0.25, -0.2) is 9.37 Å². The van der Waals surface area contributed by atoms with Crippen LogP contribution in [0.1, 0.15) is 30.5 Å². The first-order chi connectivity index (χ1) is 10.4. The summed E-state index contributed by atoms with van der Waals surface area (Å²) in [5, 5.41) is 11.9. The number of anilines is 2. The maximum Gasteiger partial charge on any atom is 0.168 e. The monoisotopic (exact) mass is 315 g/mol. The smallest absolute Gasteiger partial charge is 0.168 e. The SMILES string of the molecule is CC1(C)Cc2cccc(Nc3nc(Cl)c(C#N)cc3F)c2C1. The summed E-state index contributed by atoms with van der Waals surface area (Å²) in [4.78, 5) is 3.96. The van der Waals surface area contributed by atoms with Crippen LogP contribution in [0.5, 0.6) is 0 Å². The fraction of sp³-hybridized carbons (Fsp3) is 0.294. The topological polar surface area (TPSA) is 48.7 Å². The van der Waals surface area contributed by atoms with Crippen LogP contribution in [0, 0.1) is 22.6 Å². The van der Waals surface area contributed by atoms with E-state index in [-0.39, 0.29) is 21.9 Å². The zero-order valence-corrected chi connectivity index (χ0v) is 13.1. The van der Waals surface area contributed by atoms with Crippen LogP contribution in [-0.2, 0) is 12.8 Å². The summed E-state index contributed by atoms with van der Waals surface area (Å²) in [6, 6.07) is 8.88. The van der Waals surface area contributed by atoms with Crippen molar-refractivity contribution in [2.45, 2.75) is 26.7 Å². The van der Waals surface area contributed by atoms with E-state index in [1.807, 2.05) is 18.2 Å². The van der Waals surface area contributed by atoms with Crippen LogP contribution in [0.4, 0.5) is 15.9 Å². The molecule has 0 aliphatic heterocycles. The molecule has 0 saturated heterocycles. The molecule has 1 heterocycles. The Hall–Kier alpha value is -2.12. The van der Waals surface area contributed by atoms with E-state index >= 15 is 0 Å². The number of halogens is 2. The van der Waals surface area contributed by atoms with Crippen molar-refractivity contribution >= 4 is 23.1 Å². The second-order valence-corrected chi connectivity index (χ2v) is 6.71. The Labute approximate surface area is 133 Å². The van der Waals surface area contributed by atoms with Crippen molar-refractivity contribution in [1.29, 1.82) is 5.26 Å². The van der Waals surface area contributed by atoms with E-state index in [4.69, 9.17) is 16.9 Å². The number of rotatable bonds is 2. The van der Waals surface area contributed by atoms with Gasteiger partial charge in [0.1, 0.15) is 11.2 Å². The van der Waals surface area contributed by atoms with E-state index in [2.05, 4.69) is 30.2 Å². The van der Waals surface area contributed by atoms with E-state index < -0.39 is 5.82 Å². The van der Waals surface area contributed by atoms with Crippen molar-refractivity contribution < 1.29 is 4.39 Å². The molecule has 0 fully saturated rings. The molecule has 0 amide bonds. The van der Waals surface area contributed by atoms with Gasteiger partial charge in [-0.2, -0.15) is 5.26 Å². The molecule has 0 bridgehead atoms. The van der Waals surface area contributed by atoms with Crippen LogP contribution in [0.15, 0.2) is 24.3 Å². The fourth-order valence-electron chi connectivity index (χ4n) is 2.94. The predicted molar refractivity (Wildman–Crippen MR) is 84.8 cm³/mol. The second-order valence-electron chi connectivity index (χ2n) is 6.35. The molecule has 0 radical (unpaired) electrons. The van der Waals surface area contributed by atoms with Gasteiger partial charge in [-0.05, 0) is 41.5 Å². The molecule has 5 heteroatoms. The fourth-order valence-corrected chi connectivity index (χ4v) is 3.12. The molecule has 1 aliphatic rings. The molecule has 1 aromatic carbocycles. The molecule has 22 heavy (non-hydrogen) atoms. The summed E-state index contributed by atoms with van der Waals surface area (Å²) in [6.07, 6.45) is 1.93. The first-order valence-electron chi connectivity index (χ1n) is 7.03. The van der Waals surface area contributed by atoms with Crippen molar-refractivity contribution in [2.24, 2.45) is 5.41 Å². The average Bonchev–Trinajstić information content (AvgIpc) is 2.77. The molecule has 1 N–H and O–H groups in total. The van der Waals surface area contributed by atoms with E-state index in [1.165, 1.54) is 11.1 Å². The van der Waals surface area contributed by atoms with Crippen molar-refractivity contribution in [3.05, 3.63) is 51.9 Å². The third-order valence-electron chi connectivity index (χ3n) is 3.90. The number of fused-ring (bicyclic) bond motifs is 1. The standard InChI is InChI=1S/C17H15ClFN3/c1-17(2)7-10-4-3-5-14(12(10)8-17)21-16-13(19)6-11(9-20)15(18)22-16/h3-6H,7-8H2,1-2H3,(H,21,22). The Kier molecular flexibility index (Phi) is 3.54. The summed E-state index contributed by atoms with van der Waals surface area (Å²) in [5.41, 5.74) is 3.54. The number of nitriles is 1. The van der Waals surface area contributed by atoms with Gasteiger partial charge >= 0.3 is 0 Å². The van der Waals surface area contributed by atoms with E-state index in [1.54, 1.807) is 0 Å². The number of benzene rings is 1. The lowest BCUT2D eigenvalue weighted by Gasteiger charge is -2.16. The molecule has 0 unspecified atom stereocenters. The van der Waals surface area contributed by atoms with Gasteiger partial charge in [-0.1, -0.05) is 37.6 Å². The zero-order chi connectivity index (χ0) is 15.9. The Morgan fingerprint density at radius 2 is 2.14 bits per heavy atom. The summed E-state index contributed by atoms with van der Waals surface area (Å²) in [6.45, 7) is 4.43. The minimum atomic E-state index is -0.587. The molecule has 1 aliphatic carbocycles. The number of aromatic nitrogens is 1. The lowest BCUT2D eigenvalue weighted by molar-refractivity contribution is 0.393. The summed E-state index contributed by atoms with van der Waals surface area (Å²) in [7, 11) is 0. The number of pyridine rings is 1. The number of hydrogen-bond donors (Lipinski definition) is 1. The van der Waals surface area contributed by atoms with Gasteiger partial charge in [0.2, 0.25) is 0 Å². The molecule has 0 spiro atoms. The molecule has 0 saturated carbocycles. The number of nitrogens with zero attached hydrogens (tertiary/aromatic N) is 2. The van der Waals surface area contributed by atoms with Crippen molar-refractivity contribution in [3.8, 4) is 6.07 Å². The van der Waals surface area contributed by atoms with Gasteiger partial charge in [0.25, 0.3) is 0 Å². The minimum Gasteiger partial charge on any atom is -0.337 e. The highest BCUT2D eigenvalue weighted by Crippen LogP contribution is 2.40. The molecular weight excluding hydrogens is 301 g/mol. The van der Waals surface area contributed by atoms with Crippen LogP contribution >= 0.6 is 11.6 Å². The van der Waals surface area contributed by atoms with Crippen LogP contribution < -0.4 is 5.32 Å². The van der Waals surface area contributed by atoms with Crippen LogP contribution in [-0.4, -0.2) is 4.98 Å². The van der Waals surface area contributed by atoms with E-state index in [0.29, 0.717) is 0 Å². The van der Waals surface area contributed by atoms with Crippen LogP contribution in [0.3, 0.4) is 0 Å². The van der Waals surface area contributed by atoms with Gasteiger partial charge in [0, 0.05) is 5.69 Å². The minimum absolute atomic E-state index is 0.000642. The Morgan fingerprint density at radius 1 is 1.36 bits per heavy atom. The Balaban J connectivity index is 1.98. The largest absolute Gasteiger partial charge is 0.337 e. The summed E-state index contributed by atoms with van der Waals surface area (Å²) >= 11 is 5.89. The van der Waals surface area contributed by atoms with E-state index in [9.17, 15) is 4.39 Å². The summed E-state index contributed by atoms with van der Waals surface area (Å²) < 4.78 is 14.1. The molecule has 0 atom stereocenters. The van der Waals surface area contributed by atoms with Gasteiger partial charge in [-0.3, -0.25) is 0 Å². The number of hydrogen-bond acceptors (Lipinski definition) is 3. The Bertz CT molecular complexity index is 793. The maximum atomic E-state index is 14.1. The second kappa shape index (κ2) is 5.26. The molecule has 2 aromatic rings. The van der Waals surface area contributed by atoms with Crippen LogP contribution in [0.2, 0.25) is 5.15 Å². The van der Waals surface area contributed by atoms with Crippen molar-refractivity contribution in [2.75, 3.05) is 5.32 Å². The summed E-state index contributed by atoms with van der Waals surface area (Å²) in [5.74, 6) is -0.544. The van der Waals surface area contributed by atoms with Gasteiger partial charge in [-0.15, -0.1) is 0 Å².